The van der Waals surface area contributed by atoms with Crippen LogP contribution in [0.15, 0.2) is 82.8 Å². The maximum Gasteiger partial charge on any atom is 0.301 e. The third-order valence-corrected chi connectivity index (χ3v) is 6.75. The number of hydrogen-bond donors (Lipinski definition) is 1. The number of amides is 1. The first-order chi connectivity index (χ1) is 15.5. The molecule has 0 saturated carbocycles. The van der Waals surface area contributed by atoms with Crippen molar-refractivity contribution in [3.63, 3.8) is 0 Å². The normalized spacial score (nSPS) is 17.9. The highest BCUT2D eigenvalue weighted by Crippen LogP contribution is 2.45. The molecule has 0 spiro atoms. The van der Waals surface area contributed by atoms with Crippen molar-refractivity contribution < 1.29 is 19.1 Å². The van der Waals surface area contributed by atoms with E-state index in [9.17, 15) is 19.1 Å². The zero-order valence-corrected chi connectivity index (χ0v) is 18.7. The Labute approximate surface area is 194 Å². The molecular weight excluding hydrogens is 495 g/mol. The molecule has 1 aromatic heterocycles. The van der Waals surface area contributed by atoms with Gasteiger partial charge in [-0.15, -0.1) is 0 Å². The minimum Gasteiger partial charge on any atom is -0.507 e. The molecule has 1 aliphatic heterocycles. The van der Waals surface area contributed by atoms with E-state index in [1.54, 1.807) is 42.5 Å². The fraction of sp³-hybridized carbons (Fsp3) is 0.0417. The van der Waals surface area contributed by atoms with Gasteiger partial charge in [-0.25, -0.2) is 9.37 Å². The van der Waals surface area contributed by atoms with Crippen LogP contribution in [-0.2, 0) is 9.59 Å². The summed E-state index contributed by atoms with van der Waals surface area (Å²) in [6, 6.07) is 18.6. The Morgan fingerprint density at radius 1 is 1.03 bits per heavy atom. The molecule has 1 atom stereocenters. The van der Waals surface area contributed by atoms with E-state index in [1.165, 1.54) is 34.4 Å². The highest BCUT2D eigenvalue weighted by atomic mass is 79.9. The van der Waals surface area contributed by atoms with Crippen LogP contribution in [0.2, 0.25) is 0 Å². The summed E-state index contributed by atoms with van der Waals surface area (Å²) in [7, 11) is 0. The third-order valence-electron chi connectivity index (χ3n) is 5.24. The maximum atomic E-state index is 14.9. The van der Waals surface area contributed by atoms with Gasteiger partial charge in [0, 0.05) is 15.6 Å². The number of hydrogen-bond acceptors (Lipinski definition) is 5. The van der Waals surface area contributed by atoms with Crippen molar-refractivity contribution in [2.45, 2.75) is 6.04 Å². The van der Waals surface area contributed by atoms with Crippen molar-refractivity contribution in [1.82, 2.24) is 4.98 Å². The summed E-state index contributed by atoms with van der Waals surface area (Å²) in [5.41, 5.74) is 0.932. The zero-order chi connectivity index (χ0) is 22.4. The van der Waals surface area contributed by atoms with Crippen LogP contribution in [0.1, 0.15) is 17.2 Å². The van der Waals surface area contributed by atoms with Gasteiger partial charge in [-0.2, -0.15) is 0 Å². The molecule has 4 aromatic rings. The topological polar surface area (TPSA) is 70.5 Å². The van der Waals surface area contributed by atoms with Crippen LogP contribution in [0.5, 0.6) is 0 Å². The van der Waals surface area contributed by atoms with E-state index < -0.39 is 23.5 Å². The summed E-state index contributed by atoms with van der Waals surface area (Å²) < 4.78 is 16.5. The molecule has 0 unspecified atom stereocenters. The molecule has 32 heavy (non-hydrogen) atoms. The molecule has 5 rings (SSSR count). The first-order valence-electron chi connectivity index (χ1n) is 9.62. The molecule has 1 fully saturated rings. The zero-order valence-electron chi connectivity index (χ0n) is 16.3. The predicted molar refractivity (Wildman–Crippen MR) is 125 cm³/mol. The van der Waals surface area contributed by atoms with Crippen LogP contribution in [0, 0.1) is 5.82 Å². The predicted octanol–water partition coefficient (Wildman–Crippen LogP) is 5.82. The molecule has 8 heteroatoms. The van der Waals surface area contributed by atoms with E-state index in [0.29, 0.717) is 11.1 Å². The molecule has 1 saturated heterocycles. The number of carbonyl (C=O) groups excluding carboxylic acids is 2. The van der Waals surface area contributed by atoms with E-state index in [2.05, 4.69) is 20.9 Å². The van der Waals surface area contributed by atoms with Crippen LogP contribution in [0.3, 0.4) is 0 Å². The van der Waals surface area contributed by atoms with Gasteiger partial charge in [-0.05, 0) is 24.3 Å². The lowest BCUT2D eigenvalue weighted by Gasteiger charge is -2.23. The Morgan fingerprint density at radius 2 is 1.75 bits per heavy atom. The van der Waals surface area contributed by atoms with E-state index in [0.717, 1.165) is 9.17 Å². The van der Waals surface area contributed by atoms with Crippen molar-refractivity contribution in [3.05, 3.63) is 99.8 Å². The van der Waals surface area contributed by atoms with Crippen LogP contribution >= 0.6 is 27.3 Å². The number of aliphatic hydroxyl groups is 1. The first-order valence-corrected chi connectivity index (χ1v) is 11.2. The lowest BCUT2D eigenvalue weighted by atomic mass is 9.95. The summed E-state index contributed by atoms with van der Waals surface area (Å²) in [6.07, 6.45) is 0. The number of anilines is 1. The van der Waals surface area contributed by atoms with Crippen LogP contribution in [-0.4, -0.2) is 21.8 Å². The first kappa shape index (κ1) is 20.5. The monoisotopic (exact) mass is 508 g/mol. The Kier molecular flexibility index (Phi) is 5.11. The van der Waals surface area contributed by atoms with Gasteiger partial charge in [0.25, 0.3) is 5.78 Å². The van der Waals surface area contributed by atoms with Crippen LogP contribution < -0.4 is 4.90 Å². The van der Waals surface area contributed by atoms with Gasteiger partial charge in [0.05, 0.1) is 15.8 Å². The number of aliphatic hydroxyl groups excluding tert-OH is 1. The molecule has 158 valence electrons. The van der Waals surface area contributed by atoms with Gasteiger partial charge in [-0.1, -0.05) is 75.8 Å². The molecular formula is C24H14BrFN2O3S. The molecule has 1 aliphatic rings. The number of thiazole rings is 1. The molecule has 0 radical (unpaired) electrons. The maximum absolute atomic E-state index is 14.9. The molecule has 3 aromatic carbocycles. The number of halogens is 2. The Hall–Kier alpha value is -3.36. The van der Waals surface area contributed by atoms with E-state index in [1.807, 2.05) is 12.1 Å². The van der Waals surface area contributed by atoms with Crippen molar-refractivity contribution in [2.75, 3.05) is 4.90 Å². The van der Waals surface area contributed by atoms with Gasteiger partial charge in [0.15, 0.2) is 5.13 Å². The largest absolute Gasteiger partial charge is 0.507 e. The van der Waals surface area contributed by atoms with E-state index in [-0.39, 0.29) is 22.0 Å². The summed E-state index contributed by atoms with van der Waals surface area (Å²) in [6.45, 7) is 0. The average molecular weight is 509 g/mol. The summed E-state index contributed by atoms with van der Waals surface area (Å²) in [4.78, 5) is 32.0. The average Bonchev–Trinajstić information content (AvgIpc) is 3.32. The number of aromatic nitrogens is 1. The summed E-state index contributed by atoms with van der Waals surface area (Å²) in [5.74, 6) is -2.70. The molecule has 2 heterocycles. The van der Waals surface area contributed by atoms with E-state index >= 15 is 0 Å². The van der Waals surface area contributed by atoms with Crippen molar-refractivity contribution >= 4 is 60.1 Å². The fourth-order valence-corrected chi connectivity index (χ4v) is 5.31. The minimum absolute atomic E-state index is 0.101. The molecule has 1 N–H and O–H groups in total. The molecule has 1 amide bonds. The number of rotatable bonds is 3. The fourth-order valence-electron chi connectivity index (χ4n) is 3.76. The van der Waals surface area contributed by atoms with Gasteiger partial charge in [0.2, 0.25) is 0 Å². The van der Waals surface area contributed by atoms with Crippen molar-refractivity contribution in [2.24, 2.45) is 0 Å². The SMILES string of the molecule is O=C1C(=O)N(c2nc3ccc(Br)cc3s2)[C@H](c2ccccc2F)/C1=C(\O)c1ccccc1. The second-order valence-corrected chi connectivity index (χ2v) is 9.09. The summed E-state index contributed by atoms with van der Waals surface area (Å²) >= 11 is 4.63. The van der Waals surface area contributed by atoms with Gasteiger partial charge >= 0.3 is 5.91 Å². The van der Waals surface area contributed by atoms with Crippen LogP contribution in [0.25, 0.3) is 16.0 Å². The number of fused-ring (bicyclic) bond motifs is 1. The second-order valence-electron chi connectivity index (χ2n) is 7.17. The van der Waals surface area contributed by atoms with Gasteiger partial charge in [0.1, 0.15) is 17.6 Å². The lowest BCUT2D eigenvalue weighted by Crippen LogP contribution is -2.29. The highest BCUT2D eigenvalue weighted by molar-refractivity contribution is 9.10. The Balaban J connectivity index is 1.76. The third kappa shape index (κ3) is 3.32. The standard InChI is InChI=1S/C24H14BrFN2O3S/c25-14-10-11-17-18(12-14)32-24(27-17)28-20(15-8-4-5-9-16(15)26)19(22(30)23(28)31)21(29)13-6-2-1-3-7-13/h1-12,20,29H/b21-19+/t20-/m1/s1. The molecule has 0 aliphatic carbocycles. The smallest absolute Gasteiger partial charge is 0.301 e. The lowest BCUT2D eigenvalue weighted by molar-refractivity contribution is -0.132. The quantitative estimate of drug-likeness (QED) is 0.215. The Bertz CT molecular complexity index is 1420. The number of carbonyl (C=O) groups is 2. The number of Topliss-reactive ketones (excluding diaryl/α,β-unsaturated/α-hetero) is 1. The Morgan fingerprint density at radius 3 is 2.50 bits per heavy atom. The van der Waals surface area contributed by atoms with Crippen molar-refractivity contribution in [1.29, 1.82) is 0 Å². The number of benzene rings is 3. The van der Waals surface area contributed by atoms with Gasteiger partial charge in [-0.3, -0.25) is 14.5 Å². The van der Waals surface area contributed by atoms with E-state index in [4.69, 9.17) is 0 Å². The number of ketones is 1. The van der Waals surface area contributed by atoms with Crippen molar-refractivity contribution in [3.8, 4) is 0 Å². The van der Waals surface area contributed by atoms with Crippen LogP contribution in [0.4, 0.5) is 9.52 Å². The second kappa shape index (κ2) is 7.96. The number of nitrogens with zero attached hydrogens (tertiary/aromatic N) is 2. The molecule has 0 bridgehead atoms. The molecule has 5 nitrogen and oxygen atoms in total. The minimum atomic E-state index is -1.15. The van der Waals surface area contributed by atoms with Gasteiger partial charge < -0.3 is 5.11 Å². The summed E-state index contributed by atoms with van der Waals surface area (Å²) in [5, 5.41) is 11.3. The highest BCUT2D eigenvalue weighted by Gasteiger charge is 2.49.